The lowest BCUT2D eigenvalue weighted by Crippen LogP contribution is -2.52. The second-order valence-electron chi connectivity index (χ2n) is 9.39. The molecule has 3 aromatic carbocycles. The Morgan fingerprint density at radius 2 is 1.50 bits per heavy atom. The monoisotopic (exact) mass is 567 g/mol. The molecule has 0 saturated heterocycles. The highest BCUT2D eigenvalue weighted by Gasteiger charge is 2.33. The Balaban J connectivity index is 2.04. The molecule has 0 bridgehead atoms. The highest BCUT2D eigenvalue weighted by atomic mass is 32.2. The van der Waals surface area contributed by atoms with Crippen molar-refractivity contribution >= 4 is 27.5 Å². The van der Waals surface area contributed by atoms with E-state index in [9.17, 15) is 18.0 Å². The smallest absolute Gasteiger partial charge is 0.264 e. The van der Waals surface area contributed by atoms with Crippen molar-refractivity contribution in [2.24, 2.45) is 0 Å². The maximum absolute atomic E-state index is 14.0. The Morgan fingerprint density at radius 1 is 0.875 bits per heavy atom. The topological polar surface area (TPSA) is 105 Å². The highest BCUT2D eigenvalue weighted by molar-refractivity contribution is 7.92. The summed E-state index contributed by atoms with van der Waals surface area (Å²) in [7, 11) is -1.12. The van der Waals surface area contributed by atoms with Crippen LogP contribution >= 0.6 is 0 Å². The number of nitrogens with one attached hydrogen (secondary N) is 1. The van der Waals surface area contributed by atoms with Crippen molar-refractivity contribution in [1.29, 1.82) is 0 Å². The molecule has 214 valence electrons. The van der Waals surface area contributed by atoms with Crippen LogP contribution in [0.4, 0.5) is 5.69 Å². The van der Waals surface area contributed by atoms with Gasteiger partial charge in [0.25, 0.3) is 10.0 Å². The number of rotatable bonds is 13. The number of benzene rings is 3. The first kappa shape index (κ1) is 30.5. The van der Waals surface area contributed by atoms with Crippen LogP contribution in [-0.4, -0.2) is 58.0 Å². The van der Waals surface area contributed by atoms with Crippen molar-refractivity contribution in [1.82, 2.24) is 10.2 Å². The number of anilines is 1. The summed E-state index contributed by atoms with van der Waals surface area (Å²) in [6.45, 7) is 5.01. The average molecular weight is 568 g/mol. The van der Waals surface area contributed by atoms with E-state index < -0.39 is 28.5 Å². The minimum Gasteiger partial charge on any atom is -0.497 e. The molecular formula is C30H37N3O6S. The number of carbonyl (C=O) groups excluding carboxylic acids is 2. The maximum Gasteiger partial charge on any atom is 0.264 e. The Kier molecular flexibility index (Phi) is 10.6. The fourth-order valence-corrected chi connectivity index (χ4v) is 5.46. The van der Waals surface area contributed by atoms with Crippen molar-refractivity contribution in [3.63, 3.8) is 0 Å². The Bertz CT molecular complexity index is 1400. The summed E-state index contributed by atoms with van der Waals surface area (Å²) in [5, 5.41) is 2.92. The van der Waals surface area contributed by atoms with Crippen molar-refractivity contribution in [2.45, 2.75) is 50.7 Å². The molecule has 0 aliphatic carbocycles. The van der Waals surface area contributed by atoms with Gasteiger partial charge in [0, 0.05) is 18.7 Å². The van der Waals surface area contributed by atoms with Crippen molar-refractivity contribution in [3.8, 4) is 11.5 Å². The van der Waals surface area contributed by atoms with Gasteiger partial charge in [-0.15, -0.1) is 0 Å². The van der Waals surface area contributed by atoms with Gasteiger partial charge in [-0.05, 0) is 62.2 Å². The molecule has 0 aromatic heterocycles. The average Bonchev–Trinajstić information content (AvgIpc) is 2.98. The quantitative estimate of drug-likeness (QED) is 0.332. The maximum atomic E-state index is 14.0. The molecule has 2 amide bonds. The molecule has 3 rings (SSSR count). The van der Waals surface area contributed by atoms with E-state index in [1.165, 1.54) is 24.1 Å². The highest BCUT2D eigenvalue weighted by Crippen LogP contribution is 2.27. The van der Waals surface area contributed by atoms with Crippen LogP contribution in [0, 0.1) is 0 Å². The number of hydrogen-bond acceptors (Lipinski definition) is 6. The molecule has 1 N–H and O–H groups in total. The molecule has 10 heteroatoms. The lowest BCUT2D eigenvalue weighted by Gasteiger charge is -2.32. The van der Waals surface area contributed by atoms with E-state index in [0.29, 0.717) is 11.5 Å². The van der Waals surface area contributed by atoms with Crippen molar-refractivity contribution in [3.05, 3.63) is 84.4 Å². The molecule has 0 heterocycles. The first-order valence-corrected chi connectivity index (χ1v) is 14.5. The van der Waals surface area contributed by atoms with Crippen LogP contribution in [0.15, 0.2) is 83.8 Å². The van der Waals surface area contributed by atoms with Gasteiger partial charge in [-0.25, -0.2) is 8.42 Å². The molecule has 0 unspecified atom stereocenters. The van der Waals surface area contributed by atoms with Gasteiger partial charge in [0.2, 0.25) is 11.8 Å². The molecule has 0 spiro atoms. The lowest BCUT2D eigenvalue weighted by molar-refractivity contribution is -0.139. The lowest BCUT2D eigenvalue weighted by atomic mass is 10.1. The van der Waals surface area contributed by atoms with Crippen LogP contribution in [0.5, 0.6) is 11.5 Å². The van der Waals surface area contributed by atoms with Crippen LogP contribution in [0.25, 0.3) is 0 Å². The van der Waals surface area contributed by atoms with Crippen LogP contribution in [0.3, 0.4) is 0 Å². The van der Waals surface area contributed by atoms with E-state index in [-0.39, 0.29) is 29.1 Å². The SMILES string of the molecule is CC[C@H](C)NC(=O)[C@H](C)N(Cc1cccc(OC)c1)C(=O)CN(c1cccc(OC)c1)S(=O)(=O)c1ccccc1. The second-order valence-corrected chi connectivity index (χ2v) is 11.3. The number of sulfonamides is 1. The zero-order valence-electron chi connectivity index (χ0n) is 23.5. The Labute approximate surface area is 236 Å². The van der Waals surface area contributed by atoms with E-state index in [4.69, 9.17) is 9.47 Å². The van der Waals surface area contributed by atoms with Crippen LogP contribution in [0.1, 0.15) is 32.8 Å². The van der Waals surface area contributed by atoms with E-state index in [0.717, 1.165) is 16.3 Å². The van der Waals surface area contributed by atoms with Gasteiger partial charge < -0.3 is 19.7 Å². The Hall–Kier alpha value is -4.05. The van der Waals surface area contributed by atoms with Gasteiger partial charge in [-0.2, -0.15) is 0 Å². The molecule has 0 saturated carbocycles. The molecule has 3 aromatic rings. The minimum absolute atomic E-state index is 0.0347. The number of amides is 2. The summed E-state index contributed by atoms with van der Waals surface area (Å²) < 4.78 is 39.4. The van der Waals surface area contributed by atoms with E-state index >= 15 is 0 Å². The van der Waals surface area contributed by atoms with Gasteiger partial charge >= 0.3 is 0 Å². The molecule has 0 aliphatic rings. The number of nitrogens with zero attached hydrogens (tertiary/aromatic N) is 2. The van der Waals surface area contributed by atoms with Crippen LogP contribution in [-0.2, 0) is 26.2 Å². The largest absolute Gasteiger partial charge is 0.497 e. The molecule has 40 heavy (non-hydrogen) atoms. The minimum atomic E-state index is -4.15. The molecule has 0 aliphatic heterocycles. The summed E-state index contributed by atoms with van der Waals surface area (Å²) in [5.74, 6) is 0.167. The zero-order valence-corrected chi connectivity index (χ0v) is 24.4. The predicted molar refractivity (Wildman–Crippen MR) is 155 cm³/mol. The first-order chi connectivity index (χ1) is 19.1. The first-order valence-electron chi connectivity index (χ1n) is 13.0. The van der Waals surface area contributed by atoms with E-state index in [2.05, 4.69) is 5.32 Å². The van der Waals surface area contributed by atoms with Gasteiger partial charge in [0.15, 0.2) is 0 Å². The predicted octanol–water partition coefficient (Wildman–Crippen LogP) is 4.23. The summed E-state index contributed by atoms with van der Waals surface area (Å²) in [6.07, 6.45) is 0.723. The summed E-state index contributed by atoms with van der Waals surface area (Å²) in [5.41, 5.74) is 0.990. The second kappa shape index (κ2) is 13.8. The van der Waals surface area contributed by atoms with Crippen molar-refractivity contribution < 1.29 is 27.5 Å². The van der Waals surface area contributed by atoms with Gasteiger partial charge in [-0.3, -0.25) is 13.9 Å². The zero-order chi connectivity index (χ0) is 29.3. The van der Waals surface area contributed by atoms with Gasteiger partial charge in [0.05, 0.1) is 24.8 Å². The van der Waals surface area contributed by atoms with Crippen molar-refractivity contribution in [2.75, 3.05) is 25.1 Å². The van der Waals surface area contributed by atoms with Crippen LogP contribution in [0.2, 0.25) is 0 Å². The molecule has 2 atom stereocenters. The summed E-state index contributed by atoms with van der Waals surface area (Å²) in [4.78, 5) is 28.6. The fraction of sp³-hybridized carbons (Fsp3) is 0.333. The number of methoxy groups -OCH3 is 2. The van der Waals surface area contributed by atoms with E-state index in [1.807, 2.05) is 19.9 Å². The third kappa shape index (κ3) is 7.53. The molecule has 0 radical (unpaired) electrons. The van der Waals surface area contributed by atoms with Crippen LogP contribution < -0.4 is 19.1 Å². The third-order valence-electron chi connectivity index (χ3n) is 6.61. The number of carbonyl (C=O) groups is 2. The normalized spacial score (nSPS) is 12.6. The molecule has 0 fully saturated rings. The fourth-order valence-electron chi connectivity index (χ4n) is 4.03. The Morgan fingerprint density at radius 3 is 2.12 bits per heavy atom. The number of ether oxygens (including phenoxy) is 2. The van der Waals surface area contributed by atoms with Gasteiger partial charge in [-0.1, -0.05) is 43.3 Å². The molecule has 9 nitrogen and oxygen atoms in total. The van der Waals surface area contributed by atoms with E-state index in [1.54, 1.807) is 74.7 Å². The third-order valence-corrected chi connectivity index (χ3v) is 8.39. The molecular weight excluding hydrogens is 530 g/mol. The number of hydrogen-bond donors (Lipinski definition) is 1. The standard InChI is InChI=1S/C30H37N3O6S/c1-6-22(2)31-30(35)23(3)32(20-24-12-10-14-26(18-24)38-4)29(34)21-33(25-13-11-15-27(19-25)39-5)40(36,37)28-16-8-7-9-17-28/h7-19,22-23H,6,20-21H2,1-5H3,(H,31,35)/t22-,23-/m0/s1. The van der Waals surface area contributed by atoms with Gasteiger partial charge in [0.1, 0.15) is 24.1 Å². The summed E-state index contributed by atoms with van der Waals surface area (Å²) in [6, 6.07) is 20.6. The summed E-state index contributed by atoms with van der Waals surface area (Å²) >= 11 is 0.